The van der Waals surface area contributed by atoms with Gasteiger partial charge < -0.3 is 20.7 Å². The summed E-state index contributed by atoms with van der Waals surface area (Å²) in [5.74, 6) is 0.605. The van der Waals surface area contributed by atoms with Crippen LogP contribution in [0.25, 0.3) is 0 Å². The first-order chi connectivity index (χ1) is 12.5. The van der Waals surface area contributed by atoms with Gasteiger partial charge in [-0.1, -0.05) is 18.2 Å². The van der Waals surface area contributed by atoms with Crippen molar-refractivity contribution in [3.63, 3.8) is 0 Å². The molecule has 0 saturated carbocycles. The summed E-state index contributed by atoms with van der Waals surface area (Å²) < 4.78 is 5.47. The van der Waals surface area contributed by atoms with E-state index in [9.17, 15) is 0 Å². The molecule has 3 N–H and O–H groups in total. The molecule has 0 radical (unpaired) electrons. The maximum absolute atomic E-state index is 5.88. The molecule has 0 fully saturated rings. The largest absolute Gasteiger partial charge is 0.403 e. The summed E-state index contributed by atoms with van der Waals surface area (Å²) in [7, 11) is 5.74. The Bertz CT molecular complexity index is 739. The molecule has 0 aliphatic carbocycles. The van der Waals surface area contributed by atoms with E-state index in [1.807, 2.05) is 51.4 Å². The first-order valence-electron chi connectivity index (χ1n) is 8.49. The van der Waals surface area contributed by atoms with Gasteiger partial charge in [-0.25, -0.2) is 9.98 Å². The smallest absolute Gasteiger partial charge is 0.152 e. The molecular formula is C20H27N5O. The molecule has 1 aromatic carbocycles. The van der Waals surface area contributed by atoms with Gasteiger partial charge in [-0.05, 0) is 50.8 Å². The molecule has 0 aliphatic rings. The van der Waals surface area contributed by atoms with Crippen LogP contribution < -0.4 is 11.1 Å². The molecule has 2 aromatic rings. The fourth-order valence-corrected chi connectivity index (χ4v) is 2.43. The second kappa shape index (κ2) is 9.70. The maximum atomic E-state index is 5.88. The van der Waals surface area contributed by atoms with E-state index in [1.165, 1.54) is 11.8 Å². The van der Waals surface area contributed by atoms with E-state index in [1.54, 1.807) is 13.3 Å². The first kappa shape index (κ1) is 19.6. The Morgan fingerprint density at radius 1 is 1.27 bits per heavy atom. The zero-order valence-corrected chi connectivity index (χ0v) is 15.8. The van der Waals surface area contributed by atoms with E-state index in [0.29, 0.717) is 17.2 Å². The van der Waals surface area contributed by atoms with E-state index >= 15 is 0 Å². The average Bonchev–Trinajstić information content (AvgIpc) is 2.65. The van der Waals surface area contributed by atoms with Crippen molar-refractivity contribution in [1.82, 2.24) is 9.88 Å². The SMILES string of the molecule is CO[C@@H](C)C(=N\c1ccccn1)/C(=C\N)Nc1ccc(CN(C)C)cc1. The first-order valence-corrected chi connectivity index (χ1v) is 8.49. The van der Waals surface area contributed by atoms with Crippen molar-refractivity contribution in [2.75, 3.05) is 26.5 Å². The Morgan fingerprint density at radius 3 is 2.54 bits per heavy atom. The number of nitrogens with zero attached hydrogens (tertiary/aromatic N) is 3. The molecule has 0 unspecified atom stereocenters. The summed E-state index contributed by atoms with van der Waals surface area (Å²) in [5.41, 5.74) is 9.42. The number of aromatic nitrogens is 1. The highest BCUT2D eigenvalue weighted by Gasteiger charge is 2.16. The van der Waals surface area contributed by atoms with Crippen LogP contribution in [0.15, 0.2) is 65.6 Å². The number of hydrogen-bond acceptors (Lipinski definition) is 6. The lowest BCUT2D eigenvalue weighted by molar-refractivity contribution is 0.171. The van der Waals surface area contributed by atoms with Crippen LogP contribution in [0.5, 0.6) is 0 Å². The molecule has 2 rings (SSSR count). The molecule has 0 bridgehead atoms. The zero-order valence-electron chi connectivity index (χ0n) is 15.8. The summed E-state index contributed by atoms with van der Waals surface area (Å²) in [6.45, 7) is 2.82. The van der Waals surface area contributed by atoms with Gasteiger partial charge in [0, 0.05) is 31.7 Å². The molecule has 26 heavy (non-hydrogen) atoms. The summed E-state index contributed by atoms with van der Waals surface area (Å²) in [6.07, 6.45) is 2.97. The van der Waals surface area contributed by atoms with Gasteiger partial charge in [0.1, 0.15) is 0 Å². The highest BCUT2D eigenvalue weighted by molar-refractivity contribution is 6.06. The van der Waals surface area contributed by atoms with Gasteiger partial charge in [0.15, 0.2) is 5.82 Å². The van der Waals surface area contributed by atoms with Crippen LogP contribution in [0.1, 0.15) is 12.5 Å². The number of ether oxygens (including phenoxy) is 1. The highest BCUT2D eigenvalue weighted by atomic mass is 16.5. The van der Waals surface area contributed by atoms with E-state index in [2.05, 4.69) is 32.3 Å². The summed E-state index contributed by atoms with van der Waals surface area (Å²) in [5, 5.41) is 3.33. The van der Waals surface area contributed by atoms with Crippen LogP contribution in [0.3, 0.4) is 0 Å². The van der Waals surface area contributed by atoms with Crippen LogP contribution >= 0.6 is 0 Å². The van der Waals surface area contributed by atoms with Crippen LogP contribution in [0.4, 0.5) is 11.5 Å². The molecule has 0 aliphatic heterocycles. The van der Waals surface area contributed by atoms with Gasteiger partial charge >= 0.3 is 0 Å². The van der Waals surface area contributed by atoms with Crippen molar-refractivity contribution >= 4 is 17.2 Å². The normalized spacial score (nSPS) is 13.7. The number of aliphatic imine (C=N–C) groups is 1. The quantitative estimate of drug-likeness (QED) is 0.713. The predicted molar refractivity (Wildman–Crippen MR) is 108 cm³/mol. The molecule has 1 atom stereocenters. The maximum Gasteiger partial charge on any atom is 0.152 e. The second-order valence-corrected chi connectivity index (χ2v) is 6.20. The van der Waals surface area contributed by atoms with Gasteiger partial charge in [-0.2, -0.15) is 0 Å². The highest BCUT2D eigenvalue weighted by Crippen LogP contribution is 2.17. The minimum absolute atomic E-state index is 0.243. The summed E-state index contributed by atoms with van der Waals surface area (Å²) >= 11 is 0. The number of rotatable bonds is 8. The average molecular weight is 353 g/mol. The van der Waals surface area contributed by atoms with Gasteiger partial charge in [0.2, 0.25) is 0 Å². The fourth-order valence-electron chi connectivity index (χ4n) is 2.43. The lowest BCUT2D eigenvalue weighted by Gasteiger charge is -2.18. The molecule has 1 aromatic heterocycles. The van der Waals surface area contributed by atoms with Crippen molar-refractivity contribution in [2.45, 2.75) is 19.6 Å². The van der Waals surface area contributed by atoms with Crippen molar-refractivity contribution in [1.29, 1.82) is 0 Å². The molecule has 0 amide bonds. The Labute approximate surface area is 155 Å². The number of anilines is 1. The van der Waals surface area contributed by atoms with Gasteiger partial charge in [-0.3, -0.25) is 0 Å². The van der Waals surface area contributed by atoms with Crippen LogP contribution in [0, 0.1) is 0 Å². The molecule has 6 nitrogen and oxygen atoms in total. The number of nitrogens with two attached hydrogens (primary N) is 1. The minimum atomic E-state index is -0.243. The zero-order chi connectivity index (χ0) is 18.9. The monoisotopic (exact) mass is 353 g/mol. The predicted octanol–water partition coefficient (Wildman–Crippen LogP) is 3.16. The third-order valence-corrected chi connectivity index (χ3v) is 3.80. The van der Waals surface area contributed by atoms with Crippen molar-refractivity contribution < 1.29 is 4.74 Å². The number of benzene rings is 1. The van der Waals surface area contributed by atoms with E-state index in [-0.39, 0.29) is 6.10 Å². The van der Waals surface area contributed by atoms with Gasteiger partial charge in [-0.15, -0.1) is 0 Å². The number of hydrogen-bond donors (Lipinski definition) is 2. The topological polar surface area (TPSA) is 75.8 Å². The molecule has 0 saturated heterocycles. The molecule has 6 heteroatoms. The number of nitrogens with one attached hydrogen (secondary N) is 1. The lowest BCUT2D eigenvalue weighted by Crippen LogP contribution is -2.26. The second-order valence-electron chi connectivity index (χ2n) is 6.20. The van der Waals surface area contributed by atoms with E-state index < -0.39 is 0 Å². The minimum Gasteiger partial charge on any atom is -0.403 e. The molecule has 0 spiro atoms. The van der Waals surface area contributed by atoms with Crippen LogP contribution in [-0.2, 0) is 11.3 Å². The lowest BCUT2D eigenvalue weighted by atomic mass is 10.1. The van der Waals surface area contributed by atoms with Crippen molar-refractivity contribution in [2.24, 2.45) is 10.7 Å². The molecular weight excluding hydrogens is 326 g/mol. The fraction of sp³-hybridized carbons (Fsp3) is 0.300. The summed E-state index contributed by atoms with van der Waals surface area (Å²) in [4.78, 5) is 11.0. The Balaban J connectivity index is 2.24. The van der Waals surface area contributed by atoms with Gasteiger partial charge in [0.05, 0.1) is 17.5 Å². The molecule has 138 valence electrons. The van der Waals surface area contributed by atoms with Crippen molar-refractivity contribution in [3.8, 4) is 0 Å². The van der Waals surface area contributed by atoms with Crippen LogP contribution in [0.2, 0.25) is 0 Å². The van der Waals surface area contributed by atoms with E-state index in [4.69, 9.17) is 10.5 Å². The third kappa shape index (κ3) is 5.68. The third-order valence-electron chi connectivity index (χ3n) is 3.80. The van der Waals surface area contributed by atoms with Crippen molar-refractivity contribution in [3.05, 3.63) is 66.1 Å². The van der Waals surface area contributed by atoms with E-state index in [0.717, 1.165) is 12.2 Å². The Morgan fingerprint density at radius 2 is 2.00 bits per heavy atom. The molecule has 1 heterocycles. The standard InChI is InChI=1S/C20H27N5O/c1-15(26-4)20(24-19-7-5-6-12-22-19)18(13-21)23-17-10-8-16(9-11-17)14-25(2)3/h5-13,15,23H,14,21H2,1-4H3/b18-13+,24-20+/t15-/m0/s1. The summed E-state index contributed by atoms with van der Waals surface area (Å²) in [6, 6.07) is 13.8. The number of methoxy groups -OCH3 is 1. The Kier molecular flexibility index (Phi) is 7.32. The van der Waals surface area contributed by atoms with Gasteiger partial charge in [0.25, 0.3) is 0 Å². The van der Waals surface area contributed by atoms with Crippen LogP contribution in [-0.4, -0.2) is 42.9 Å². The Hall–Kier alpha value is -2.70. The number of pyridine rings is 1.